The van der Waals surface area contributed by atoms with Crippen LogP contribution >= 0.6 is 11.8 Å². The molecule has 2 aromatic rings. The lowest BCUT2D eigenvalue weighted by molar-refractivity contribution is -0.128. The van der Waals surface area contributed by atoms with Crippen molar-refractivity contribution in [1.29, 1.82) is 0 Å². The monoisotopic (exact) mass is 413 g/mol. The number of carbonyl (C=O) groups is 2. The maximum Gasteiger partial charge on any atom is 0.242 e. The number of amides is 2. The third-order valence-electron chi connectivity index (χ3n) is 4.42. The number of hydrogen-bond donors (Lipinski definition) is 1. The van der Waals surface area contributed by atoms with Crippen molar-refractivity contribution >= 4 is 40.1 Å². The van der Waals surface area contributed by atoms with Gasteiger partial charge in [-0.05, 0) is 55.7 Å². The summed E-state index contributed by atoms with van der Waals surface area (Å²) in [7, 11) is 0. The zero-order valence-corrected chi connectivity index (χ0v) is 17.6. The third-order valence-corrected chi connectivity index (χ3v) is 5.59. The van der Waals surface area contributed by atoms with E-state index in [4.69, 9.17) is 0 Å². The Bertz CT molecular complexity index is 941. The molecular weight excluding hydrogens is 389 g/mol. The van der Waals surface area contributed by atoms with Gasteiger partial charge in [-0.25, -0.2) is 9.38 Å². The molecule has 0 aliphatic carbocycles. The molecular formula is C22H24FN3O2S. The Kier molecular flexibility index (Phi) is 6.69. The van der Waals surface area contributed by atoms with Crippen LogP contribution in [0.3, 0.4) is 0 Å². The predicted octanol–water partition coefficient (Wildman–Crippen LogP) is 4.81. The summed E-state index contributed by atoms with van der Waals surface area (Å²) in [6, 6.07) is 12.0. The van der Waals surface area contributed by atoms with E-state index in [2.05, 4.69) is 16.4 Å². The van der Waals surface area contributed by atoms with Crippen LogP contribution < -0.4 is 5.32 Å². The van der Waals surface area contributed by atoms with Crippen molar-refractivity contribution in [3.63, 3.8) is 0 Å². The molecule has 5 nitrogen and oxygen atoms in total. The number of amidine groups is 1. The highest BCUT2D eigenvalue weighted by Crippen LogP contribution is 2.32. The van der Waals surface area contributed by atoms with E-state index < -0.39 is 17.0 Å². The number of aryl methyl sites for hydroxylation is 2. The molecule has 1 fully saturated rings. The fourth-order valence-corrected chi connectivity index (χ4v) is 4.40. The van der Waals surface area contributed by atoms with Crippen molar-refractivity contribution in [2.75, 3.05) is 11.9 Å². The second kappa shape index (κ2) is 9.22. The van der Waals surface area contributed by atoms with Crippen molar-refractivity contribution in [2.45, 2.75) is 38.9 Å². The Morgan fingerprint density at radius 1 is 1.21 bits per heavy atom. The van der Waals surface area contributed by atoms with E-state index in [0.717, 1.165) is 23.2 Å². The van der Waals surface area contributed by atoms with E-state index in [-0.39, 0.29) is 18.0 Å². The summed E-state index contributed by atoms with van der Waals surface area (Å²) >= 11 is 1.29. The van der Waals surface area contributed by atoms with E-state index in [0.29, 0.717) is 11.7 Å². The van der Waals surface area contributed by atoms with Crippen LogP contribution in [0.4, 0.5) is 15.8 Å². The highest BCUT2D eigenvalue weighted by atomic mass is 32.2. The molecule has 0 unspecified atom stereocenters. The lowest BCUT2D eigenvalue weighted by Crippen LogP contribution is -2.34. The lowest BCUT2D eigenvalue weighted by Gasteiger charge is -2.15. The Balaban J connectivity index is 1.77. The SMILES string of the molecule is CCCN1C(=O)[C@H](CC(=O)Nc2ccccc2F)SC1=Nc1cc(C)cc(C)c1. The molecule has 1 atom stereocenters. The van der Waals surface area contributed by atoms with Gasteiger partial charge in [-0.15, -0.1) is 0 Å². The van der Waals surface area contributed by atoms with Crippen LogP contribution in [0.25, 0.3) is 0 Å². The van der Waals surface area contributed by atoms with Crippen LogP contribution in [0.5, 0.6) is 0 Å². The van der Waals surface area contributed by atoms with Crippen LogP contribution in [-0.4, -0.2) is 33.7 Å². The minimum Gasteiger partial charge on any atom is -0.324 e. The van der Waals surface area contributed by atoms with Gasteiger partial charge in [0.2, 0.25) is 11.8 Å². The smallest absolute Gasteiger partial charge is 0.242 e. The molecule has 7 heteroatoms. The van der Waals surface area contributed by atoms with Crippen molar-refractivity contribution in [1.82, 2.24) is 4.90 Å². The molecule has 0 saturated carbocycles. The fourth-order valence-electron chi connectivity index (χ4n) is 3.21. The van der Waals surface area contributed by atoms with Gasteiger partial charge in [0.15, 0.2) is 5.17 Å². The molecule has 152 valence electrons. The van der Waals surface area contributed by atoms with Gasteiger partial charge >= 0.3 is 0 Å². The minimum atomic E-state index is -0.571. The molecule has 2 amide bonds. The largest absolute Gasteiger partial charge is 0.324 e. The Morgan fingerprint density at radius 3 is 2.55 bits per heavy atom. The van der Waals surface area contributed by atoms with Crippen molar-refractivity contribution in [3.05, 3.63) is 59.4 Å². The Labute approximate surface area is 174 Å². The Morgan fingerprint density at radius 2 is 1.90 bits per heavy atom. The number of hydrogen-bond acceptors (Lipinski definition) is 4. The summed E-state index contributed by atoms with van der Waals surface area (Å²) in [4.78, 5) is 31.6. The van der Waals surface area contributed by atoms with Crippen molar-refractivity contribution in [2.24, 2.45) is 4.99 Å². The highest BCUT2D eigenvalue weighted by molar-refractivity contribution is 8.15. The topological polar surface area (TPSA) is 61.8 Å². The number of aliphatic imine (C=N–C) groups is 1. The lowest BCUT2D eigenvalue weighted by atomic mass is 10.1. The van der Waals surface area contributed by atoms with E-state index in [9.17, 15) is 14.0 Å². The van der Waals surface area contributed by atoms with E-state index in [1.165, 1.54) is 23.9 Å². The molecule has 29 heavy (non-hydrogen) atoms. The zero-order valence-electron chi connectivity index (χ0n) is 16.7. The molecule has 3 rings (SSSR count). The van der Waals surface area contributed by atoms with Crippen molar-refractivity contribution < 1.29 is 14.0 Å². The van der Waals surface area contributed by atoms with Gasteiger partial charge in [0.25, 0.3) is 0 Å². The molecule has 1 aliphatic rings. The van der Waals surface area contributed by atoms with Crippen LogP contribution in [-0.2, 0) is 9.59 Å². The maximum atomic E-state index is 13.8. The van der Waals surface area contributed by atoms with E-state index in [1.54, 1.807) is 17.0 Å². The maximum absolute atomic E-state index is 13.8. The third kappa shape index (κ3) is 5.23. The fraction of sp³-hybridized carbons (Fsp3) is 0.318. The Hall–Kier alpha value is -2.67. The zero-order chi connectivity index (χ0) is 21.0. The van der Waals surface area contributed by atoms with Crippen LogP contribution in [0, 0.1) is 19.7 Å². The molecule has 0 aromatic heterocycles. The van der Waals surface area contributed by atoms with Gasteiger partial charge in [0, 0.05) is 13.0 Å². The number of rotatable bonds is 6. The van der Waals surface area contributed by atoms with Crippen LogP contribution in [0.15, 0.2) is 47.5 Å². The van der Waals surface area contributed by atoms with Gasteiger partial charge in [-0.2, -0.15) is 0 Å². The summed E-state index contributed by atoms with van der Waals surface area (Å²) in [5, 5.41) is 2.58. The van der Waals surface area contributed by atoms with Gasteiger partial charge in [0.1, 0.15) is 11.1 Å². The standard InChI is InChI=1S/C22H24FN3O2S/c1-4-9-26-21(28)19(13-20(27)25-18-8-6-5-7-17(18)23)29-22(26)24-16-11-14(2)10-15(3)12-16/h5-8,10-12,19H,4,9,13H2,1-3H3,(H,25,27)/t19-/m0/s1. The number of nitrogens with zero attached hydrogens (tertiary/aromatic N) is 2. The normalized spacial score (nSPS) is 17.8. The molecule has 1 saturated heterocycles. The second-order valence-electron chi connectivity index (χ2n) is 7.07. The highest BCUT2D eigenvalue weighted by Gasteiger charge is 2.38. The number of halogens is 1. The number of thioether (sulfide) groups is 1. The predicted molar refractivity (Wildman–Crippen MR) is 116 cm³/mol. The van der Waals surface area contributed by atoms with E-state index >= 15 is 0 Å². The number of carbonyl (C=O) groups excluding carboxylic acids is 2. The summed E-state index contributed by atoms with van der Waals surface area (Å²) in [6.45, 7) is 6.54. The molecule has 1 N–H and O–H groups in total. The first-order chi connectivity index (χ1) is 13.9. The summed E-state index contributed by atoms with van der Waals surface area (Å²) in [5.41, 5.74) is 3.10. The molecule has 0 bridgehead atoms. The van der Waals surface area contributed by atoms with Gasteiger partial charge in [-0.3, -0.25) is 14.5 Å². The first-order valence-corrected chi connectivity index (χ1v) is 10.4. The first kappa shape index (κ1) is 21.0. The second-order valence-corrected chi connectivity index (χ2v) is 8.24. The number of nitrogens with one attached hydrogen (secondary N) is 1. The van der Waals surface area contributed by atoms with Gasteiger partial charge in [0.05, 0.1) is 11.4 Å². The molecule has 2 aromatic carbocycles. The molecule has 1 aliphatic heterocycles. The minimum absolute atomic E-state index is 0.0378. The average Bonchev–Trinajstić information content (AvgIpc) is 2.92. The summed E-state index contributed by atoms with van der Waals surface area (Å²) < 4.78 is 13.8. The van der Waals surface area contributed by atoms with Crippen molar-refractivity contribution in [3.8, 4) is 0 Å². The number of anilines is 1. The van der Waals surface area contributed by atoms with Gasteiger partial charge in [-0.1, -0.05) is 36.9 Å². The summed E-state index contributed by atoms with van der Waals surface area (Å²) in [6.07, 6.45) is 0.746. The first-order valence-electron chi connectivity index (χ1n) is 9.56. The van der Waals surface area contributed by atoms with Crippen LogP contribution in [0.1, 0.15) is 30.9 Å². The van der Waals surface area contributed by atoms with Gasteiger partial charge < -0.3 is 5.32 Å². The average molecular weight is 414 g/mol. The quantitative estimate of drug-likeness (QED) is 0.739. The molecule has 0 spiro atoms. The molecule has 0 radical (unpaired) electrons. The summed E-state index contributed by atoms with van der Waals surface area (Å²) in [5.74, 6) is -1.04. The van der Waals surface area contributed by atoms with Crippen LogP contribution in [0.2, 0.25) is 0 Å². The number of benzene rings is 2. The number of para-hydroxylation sites is 1. The molecule has 1 heterocycles. The van der Waals surface area contributed by atoms with E-state index in [1.807, 2.05) is 32.9 Å².